The number of nitrogens with zero attached hydrogens (tertiary/aromatic N) is 1. The van der Waals surface area contributed by atoms with E-state index in [-0.39, 0.29) is 5.58 Å². The summed E-state index contributed by atoms with van der Waals surface area (Å²) in [5, 5.41) is 0.519. The van der Waals surface area contributed by atoms with Crippen molar-refractivity contribution >= 4 is 32.5 Å². The lowest BCUT2D eigenvalue weighted by Gasteiger charge is -2.07. The first-order valence-electron chi connectivity index (χ1n) is 5.48. The molecule has 2 aromatic rings. The monoisotopic (exact) mass is 283 g/mol. The fourth-order valence-electron chi connectivity index (χ4n) is 1.54. The zero-order valence-electron chi connectivity index (χ0n) is 10.4. The van der Waals surface area contributed by atoms with E-state index in [1.165, 1.54) is 20.0 Å². The predicted molar refractivity (Wildman–Crippen MR) is 69.1 cm³/mol. The van der Waals surface area contributed by atoms with E-state index >= 15 is 0 Å². The highest BCUT2D eigenvalue weighted by Crippen LogP contribution is 2.23. The summed E-state index contributed by atoms with van der Waals surface area (Å²) in [5.74, 6) is -0.623. The molecule has 0 bridgehead atoms. The summed E-state index contributed by atoms with van der Waals surface area (Å²) >= 11 is 0. The fourth-order valence-corrected chi connectivity index (χ4v) is 2.67. The molecular weight excluding hydrogens is 270 g/mol. The molecule has 0 spiro atoms. The molecule has 0 saturated heterocycles. The van der Waals surface area contributed by atoms with Crippen molar-refractivity contribution < 1.29 is 17.6 Å². The van der Waals surface area contributed by atoms with Crippen molar-refractivity contribution in [2.75, 3.05) is 12.8 Å². The number of hydrogen-bond donors (Lipinski definition) is 2. The maximum atomic E-state index is 12.1. The topological polar surface area (TPSA) is 115 Å². The predicted octanol–water partition coefficient (Wildman–Crippen LogP) is 0.318. The van der Waals surface area contributed by atoms with Crippen molar-refractivity contribution in [3.8, 4) is 0 Å². The first-order valence-corrected chi connectivity index (χ1v) is 7.02. The third-order valence-electron chi connectivity index (χ3n) is 2.72. The highest BCUT2D eigenvalue weighted by Gasteiger charge is 2.33. The van der Waals surface area contributed by atoms with E-state index < -0.39 is 26.2 Å². The van der Waals surface area contributed by atoms with Crippen LogP contribution in [0.4, 0.5) is 5.69 Å². The van der Waals surface area contributed by atoms with E-state index in [1.807, 2.05) is 0 Å². The van der Waals surface area contributed by atoms with Gasteiger partial charge < -0.3 is 15.5 Å². The van der Waals surface area contributed by atoms with Crippen molar-refractivity contribution in [2.45, 2.75) is 17.4 Å². The second-order valence-corrected chi connectivity index (χ2v) is 6.15. The number of anilines is 1. The Kier molecular flexibility index (Phi) is 3.19. The normalized spacial score (nSPS) is 13.4. The van der Waals surface area contributed by atoms with Crippen LogP contribution in [0.1, 0.15) is 6.92 Å². The van der Waals surface area contributed by atoms with Crippen LogP contribution in [0.25, 0.3) is 11.1 Å². The molecular formula is C11H13N3O4S. The largest absolute Gasteiger partial charge is 0.428 e. The lowest BCUT2D eigenvalue weighted by Crippen LogP contribution is -2.35. The van der Waals surface area contributed by atoms with Gasteiger partial charge in [-0.1, -0.05) is 0 Å². The van der Waals surface area contributed by atoms with Crippen LogP contribution in [-0.2, 0) is 14.6 Å². The molecule has 1 heterocycles. The molecule has 0 aliphatic carbocycles. The standard InChI is InChI=1S/C11H13N3O4S/c1-6(10(15)13-2)19(16,17)11-14-8-4-3-7(12)5-9(8)18-11/h3-6H,12H2,1-2H3,(H,13,15). The van der Waals surface area contributed by atoms with E-state index in [0.717, 1.165) is 0 Å². The van der Waals surface area contributed by atoms with Gasteiger partial charge in [0.15, 0.2) is 5.58 Å². The van der Waals surface area contributed by atoms with Gasteiger partial charge in [0.2, 0.25) is 15.7 Å². The van der Waals surface area contributed by atoms with Gasteiger partial charge in [0.05, 0.1) is 0 Å². The number of hydrogen-bond acceptors (Lipinski definition) is 6. The van der Waals surface area contributed by atoms with Crippen molar-refractivity contribution in [2.24, 2.45) is 0 Å². The summed E-state index contributed by atoms with van der Waals surface area (Å²) < 4.78 is 29.4. The Hall–Kier alpha value is -2.09. The maximum Gasteiger partial charge on any atom is 0.316 e. The van der Waals surface area contributed by atoms with E-state index in [0.29, 0.717) is 11.2 Å². The van der Waals surface area contributed by atoms with Crippen molar-refractivity contribution in [3.63, 3.8) is 0 Å². The number of rotatable bonds is 3. The lowest BCUT2D eigenvalue weighted by atomic mass is 10.3. The number of amides is 1. The molecule has 19 heavy (non-hydrogen) atoms. The summed E-state index contributed by atoms with van der Waals surface area (Å²) in [6, 6.07) is 4.62. The molecule has 1 amide bonds. The molecule has 0 saturated carbocycles. The molecule has 0 aliphatic rings. The molecule has 2 rings (SSSR count). The minimum atomic E-state index is -3.96. The van der Waals surface area contributed by atoms with Crippen LogP contribution in [0.15, 0.2) is 27.8 Å². The van der Waals surface area contributed by atoms with Gasteiger partial charge in [0.25, 0.3) is 0 Å². The number of aromatic nitrogens is 1. The number of nitrogen functional groups attached to an aromatic ring is 1. The zero-order valence-corrected chi connectivity index (χ0v) is 11.2. The summed E-state index contributed by atoms with van der Waals surface area (Å²) in [5.41, 5.74) is 6.65. The number of carbonyl (C=O) groups excluding carboxylic acids is 1. The van der Waals surface area contributed by atoms with Crippen LogP contribution in [0, 0.1) is 0 Å². The minimum Gasteiger partial charge on any atom is -0.428 e. The van der Waals surface area contributed by atoms with E-state index in [1.54, 1.807) is 12.1 Å². The number of fused-ring (bicyclic) bond motifs is 1. The average molecular weight is 283 g/mol. The zero-order chi connectivity index (χ0) is 14.2. The SMILES string of the molecule is CNC(=O)C(C)S(=O)(=O)c1nc2ccc(N)cc2o1. The molecule has 8 heteroatoms. The van der Waals surface area contributed by atoms with Gasteiger partial charge in [-0.3, -0.25) is 4.79 Å². The number of carbonyl (C=O) groups is 1. The molecule has 0 radical (unpaired) electrons. The van der Waals surface area contributed by atoms with Crippen LogP contribution in [0.5, 0.6) is 0 Å². The second kappa shape index (κ2) is 4.54. The molecule has 0 aliphatic heterocycles. The van der Waals surface area contributed by atoms with Gasteiger partial charge in [-0.05, 0) is 19.1 Å². The van der Waals surface area contributed by atoms with Crippen molar-refractivity contribution in [1.82, 2.24) is 10.3 Å². The number of nitrogens with one attached hydrogen (secondary N) is 1. The summed E-state index contributed by atoms with van der Waals surface area (Å²) in [7, 11) is -2.59. The Labute approximate surface area is 109 Å². The molecule has 1 atom stereocenters. The Morgan fingerprint density at radius 1 is 1.47 bits per heavy atom. The molecule has 102 valence electrons. The van der Waals surface area contributed by atoms with Crippen LogP contribution >= 0.6 is 0 Å². The highest BCUT2D eigenvalue weighted by molar-refractivity contribution is 7.92. The average Bonchev–Trinajstić information content (AvgIpc) is 2.80. The van der Waals surface area contributed by atoms with Crippen LogP contribution in [-0.4, -0.2) is 31.6 Å². The summed E-state index contributed by atoms with van der Waals surface area (Å²) in [4.78, 5) is 15.3. The van der Waals surface area contributed by atoms with E-state index in [4.69, 9.17) is 10.2 Å². The van der Waals surface area contributed by atoms with Crippen molar-refractivity contribution in [3.05, 3.63) is 18.2 Å². The minimum absolute atomic E-state index is 0.266. The van der Waals surface area contributed by atoms with E-state index in [2.05, 4.69) is 10.3 Å². The first-order chi connectivity index (χ1) is 8.86. The van der Waals surface area contributed by atoms with Gasteiger partial charge in [-0.2, -0.15) is 4.98 Å². The number of nitrogens with two attached hydrogens (primary N) is 1. The third-order valence-corrected chi connectivity index (χ3v) is 4.52. The smallest absolute Gasteiger partial charge is 0.316 e. The Balaban J connectivity index is 2.52. The molecule has 1 aromatic heterocycles. The molecule has 0 fully saturated rings. The molecule has 3 N–H and O–H groups in total. The molecule has 7 nitrogen and oxygen atoms in total. The Morgan fingerprint density at radius 2 is 2.16 bits per heavy atom. The van der Waals surface area contributed by atoms with Gasteiger partial charge in [-0.15, -0.1) is 0 Å². The fraction of sp³-hybridized carbons (Fsp3) is 0.273. The van der Waals surface area contributed by atoms with Gasteiger partial charge in [-0.25, -0.2) is 8.42 Å². The van der Waals surface area contributed by atoms with Crippen molar-refractivity contribution in [1.29, 1.82) is 0 Å². The van der Waals surface area contributed by atoms with Gasteiger partial charge >= 0.3 is 5.22 Å². The van der Waals surface area contributed by atoms with Gasteiger partial charge in [0, 0.05) is 18.8 Å². The van der Waals surface area contributed by atoms with E-state index in [9.17, 15) is 13.2 Å². The maximum absolute atomic E-state index is 12.1. The Bertz CT molecular complexity index is 735. The molecule has 1 aromatic carbocycles. The number of sulfone groups is 1. The summed E-state index contributed by atoms with van der Waals surface area (Å²) in [6.07, 6.45) is 0. The third kappa shape index (κ3) is 2.26. The lowest BCUT2D eigenvalue weighted by molar-refractivity contribution is -0.119. The second-order valence-electron chi connectivity index (χ2n) is 4.01. The Morgan fingerprint density at radius 3 is 2.79 bits per heavy atom. The van der Waals surface area contributed by atoms with Crippen LogP contribution in [0.3, 0.4) is 0 Å². The van der Waals surface area contributed by atoms with Crippen LogP contribution < -0.4 is 11.1 Å². The highest BCUT2D eigenvalue weighted by atomic mass is 32.2. The first kappa shape index (κ1) is 13.3. The summed E-state index contributed by atoms with van der Waals surface area (Å²) in [6.45, 7) is 1.28. The number of oxazole rings is 1. The quantitative estimate of drug-likeness (QED) is 0.784. The molecule has 1 unspecified atom stereocenters. The van der Waals surface area contributed by atoms with Crippen LogP contribution in [0.2, 0.25) is 0 Å². The van der Waals surface area contributed by atoms with Gasteiger partial charge in [0.1, 0.15) is 10.8 Å². The number of benzene rings is 1.